The van der Waals surface area contributed by atoms with Crippen molar-refractivity contribution < 1.29 is 9.63 Å². The molecular weight excluding hydrogens is 262 g/mol. The maximum Gasteiger partial charge on any atom is 0.272 e. The van der Waals surface area contributed by atoms with Crippen LogP contribution >= 0.6 is 11.3 Å². The first-order valence-corrected chi connectivity index (χ1v) is 6.71. The smallest absolute Gasteiger partial charge is 0.272 e. The highest BCUT2D eigenvalue weighted by Crippen LogP contribution is 2.34. The Morgan fingerprint density at radius 3 is 3.00 bits per heavy atom. The first-order chi connectivity index (χ1) is 9.29. The Morgan fingerprint density at radius 1 is 1.37 bits per heavy atom. The van der Waals surface area contributed by atoms with E-state index in [9.17, 15) is 5.11 Å². The Labute approximate surface area is 113 Å². The molecule has 0 aromatic carbocycles. The second-order valence-electron chi connectivity index (χ2n) is 3.94. The Balaban J connectivity index is 2.04. The van der Waals surface area contributed by atoms with E-state index in [0.29, 0.717) is 16.6 Å². The lowest BCUT2D eigenvalue weighted by Crippen LogP contribution is -1.90. The van der Waals surface area contributed by atoms with Crippen molar-refractivity contribution in [2.45, 2.75) is 13.3 Å². The van der Waals surface area contributed by atoms with E-state index >= 15 is 0 Å². The van der Waals surface area contributed by atoms with Crippen molar-refractivity contribution in [2.75, 3.05) is 0 Å². The molecule has 0 saturated heterocycles. The van der Waals surface area contributed by atoms with Crippen molar-refractivity contribution >= 4 is 11.3 Å². The summed E-state index contributed by atoms with van der Waals surface area (Å²) in [7, 11) is 0. The Morgan fingerprint density at radius 2 is 2.26 bits per heavy atom. The van der Waals surface area contributed by atoms with Gasteiger partial charge in [-0.2, -0.15) is 4.98 Å². The molecule has 0 fully saturated rings. The van der Waals surface area contributed by atoms with E-state index in [-0.39, 0.29) is 5.75 Å². The van der Waals surface area contributed by atoms with Crippen LogP contribution in [0.1, 0.15) is 12.5 Å². The van der Waals surface area contributed by atoms with E-state index in [1.807, 2.05) is 13.0 Å². The molecule has 96 valence electrons. The molecule has 0 spiro atoms. The van der Waals surface area contributed by atoms with Crippen molar-refractivity contribution in [3.8, 4) is 27.9 Å². The summed E-state index contributed by atoms with van der Waals surface area (Å²) in [5.74, 6) is 1.01. The lowest BCUT2D eigenvalue weighted by Gasteiger charge is -2.00. The molecule has 0 atom stereocenters. The molecule has 3 aromatic rings. The number of hydrogen-bond donors (Lipinski definition) is 1. The molecule has 0 aliphatic carbocycles. The predicted molar refractivity (Wildman–Crippen MR) is 71.9 cm³/mol. The Kier molecular flexibility index (Phi) is 3.00. The van der Waals surface area contributed by atoms with E-state index in [1.54, 1.807) is 23.8 Å². The van der Waals surface area contributed by atoms with E-state index in [1.165, 1.54) is 11.3 Å². The fourth-order valence-electron chi connectivity index (χ4n) is 1.81. The first kappa shape index (κ1) is 11.9. The number of nitrogens with zero attached hydrogens (tertiary/aromatic N) is 3. The third-order valence-electron chi connectivity index (χ3n) is 2.79. The second kappa shape index (κ2) is 4.81. The SMILES string of the molecule is CCc1cnccc1-c1noc(-c2sccc2O)n1. The van der Waals surface area contributed by atoms with Crippen LogP contribution in [-0.2, 0) is 6.42 Å². The monoisotopic (exact) mass is 273 g/mol. The number of aromatic nitrogens is 3. The van der Waals surface area contributed by atoms with Crippen LogP contribution in [-0.4, -0.2) is 20.2 Å². The van der Waals surface area contributed by atoms with Gasteiger partial charge in [-0.15, -0.1) is 11.3 Å². The third kappa shape index (κ3) is 2.10. The topological polar surface area (TPSA) is 72.0 Å². The summed E-state index contributed by atoms with van der Waals surface area (Å²) in [5, 5.41) is 15.4. The minimum atomic E-state index is 0.158. The van der Waals surface area contributed by atoms with Crippen LogP contribution in [0, 0.1) is 0 Å². The first-order valence-electron chi connectivity index (χ1n) is 5.83. The number of aryl methyl sites for hydroxylation is 1. The van der Waals surface area contributed by atoms with Crippen LogP contribution in [0.4, 0.5) is 0 Å². The van der Waals surface area contributed by atoms with Gasteiger partial charge in [0.25, 0.3) is 5.89 Å². The van der Waals surface area contributed by atoms with Gasteiger partial charge in [0.05, 0.1) is 0 Å². The van der Waals surface area contributed by atoms with Crippen LogP contribution in [0.2, 0.25) is 0 Å². The third-order valence-corrected chi connectivity index (χ3v) is 3.68. The summed E-state index contributed by atoms with van der Waals surface area (Å²) in [5.41, 5.74) is 1.97. The van der Waals surface area contributed by atoms with Gasteiger partial charge in [-0.1, -0.05) is 12.1 Å². The fraction of sp³-hybridized carbons (Fsp3) is 0.154. The molecule has 3 rings (SSSR count). The van der Waals surface area contributed by atoms with Crippen molar-refractivity contribution in [1.82, 2.24) is 15.1 Å². The van der Waals surface area contributed by atoms with Gasteiger partial charge in [0.2, 0.25) is 5.82 Å². The van der Waals surface area contributed by atoms with E-state index in [0.717, 1.165) is 17.5 Å². The molecule has 5 nitrogen and oxygen atoms in total. The van der Waals surface area contributed by atoms with Gasteiger partial charge in [0.15, 0.2) is 0 Å². The lowest BCUT2D eigenvalue weighted by molar-refractivity contribution is 0.427. The van der Waals surface area contributed by atoms with Crippen molar-refractivity contribution in [3.05, 3.63) is 35.5 Å². The molecule has 19 heavy (non-hydrogen) atoms. The number of thiophene rings is 1. The van der Waals surface area contributed by atoms with Crippen LogP contribution in [0.5, 0.6) is 5.75 Å². The molecule has 3 heterocycles. The number of rotatable bonds is 3. The van der Waals surface area contributed by atoms with Gasteiger partial charge in [0.1, 0.15) is 10.6 Å². The summed E-state index contributed by atoms with van der Waals surface area (Å²) >= 11 is 1.36. The lowest BCUT2D eigenvalue weighted by atomic mass is 10.1. The number of aromatic hydroxyl groups is 1. The molecule has 0 aliphatic heterocycles. The van der Waals surface area contributed by atoms with Crippen LogP contribution in [0.25, 0.3) is 22.2 Å². The maximum atomic E-state index is 9.66. The minimum Gasteiger partial charge on any atom is -0.506 e. The van der Waals surface area contributed by atoms with Crippen LogP contribution < -0.4 is 0 Å². The number of pyridine rings is 1. The van der Waals surface area contributed by atoms with E-state index < -0.39 is 0 Å². The van der Waals surface area contributed by atoms with Gasteiger partial charge in [-0.25, -0.2) is 0 Å². The summed E-state index contributed by atoms with van der Waals surface area (Å²) in [6.45, 7) is 2.05. The molecule has 0 saturated carbocycles. The largest absolute Gasteiger partial charge is 0.506 e. The molecule has 1 N–H and O–H groups in total. The summed E-state index contributed by atoms with van der Waals surface area (Å²) in [4.78, 5) is 9.01. The molecule has 0 bridgehead atoms. The highest BCUT2D eigenvalue weighted by atomic mass is 32.1. The highest BCUT2D eigenvalue weighted by Gasteiger charge is 2.16. The quantitative estimate of drug-likeness (QED) is 0.793. The zero-order valence-electron chi connectivity index (χ0n) is 10.2. The van der Waals surface area contributed by atoms with E-state index in [2.05, 4.69) is 15.1 Å². The fourth-order valence-corrected chi connectivity index (χ4v) is 2.52. The zero-order chi connectivity index (χ0) is 13.2. The van der Waals surface area contributed by atoms with Crippen molar-refractivity contribution in [2.24, 2.45) is 0 Å². The standard InChI is InChI=1S/C13H11N3O2S/c1-2-8-7-14-5-3-9(8)12-15-13(18-16-12)11-10(17)4-6-19-11/h3-7,17H,2H2,1H3. The summed E-state index contributed by atoms with van der Waals surface area (Å²) in [6, 6.07) is 3.47. The van der Waals surface area contributed by atoms with Gasteiger partial charge in [0, 0.05) is 18.0 Å². The average Bonchev–Trinajstić information content (AvgIpc) is 3.07. The molecule has 0 unspecified atom stereocenters. The van der Waals surface area contributed by atoms with Crippen molar-refractivity contribution in [3.63, 3.8) is 0 Å². The minimum absolute atomic E-state index is 0.158. The Hall–Kier alpha value is -2.21. The van der Waals surface area contributed by atoms with Crippen LogP contribution in [0.15, 0.2) is 34.4 Å². The Bertz CT molecular complexity index is 705. The van der Waals surface area contributed by atoms with Gasteiger partial charge in [-0.3, -0.25) is 4.98 Å². The normalized spacial score (nSPS) is 10.8. The number of hydrogen-bond acceptors (Lipinski definition) is 6. The van der Waals surface area contributed by atoms with E-state index in [4.69, 9.17) is 4.52 Å². The maximum absolute atomic E-state index is 9.66. The molecule has 6 heteroatoms. The van der Waals surface area contributed by atoms with Crippen molar-refractivity contribution in [1.29, 1.82) is 0 Å². The second-order valence-corrected chi connectivity index (χ2v) is 4.86. The molecule has 0 radical (unpaired) electrons. The van der Waals surface area contributed by atoms with Gasteiger partial charge in [-0.05, 0) is 29.5 Å². The van der Waals surface area contributed by atoms with Gasteiger partial charge >= 0.3 is 0 Å². The molecule has 0 amide bonds. The zero-order valence-corrected chi connectivity index (χ0v) is 11.0. The highest BCUT2D eigenvalue weighted by molar-refractivity contribution is 7.13. The molecule has 3 aromatic heterocycles. The molecule has 0 aliphatic rings. The van der Waals surface area contributed by atoms with Gasteiger partial charge < -0.3 is 9.63 Å². The average molecular weight is 273 g/mol. The molecular formula is C13H11N3O2S. The summed E-state index contributed by atoms with van der Waals surface area (Å²) < 4.78 is 5.21. The van der Waals surface area contributed by atoms with Crippen LogP contribution in [0.3, 0.4) is 0 Å². The summed E-state index contributed by atoms with van der Waals surface area (Å²) in [6.07, 6.45) is 4.35. The predicted octanol–water partition coefficient (Wildman–Crippen LogP) is 3.13.